The highest BCUT2D eigenvalue weighted by Crippen LogP contribution is 2.13. The fourth-order valence-electron chi connectivity index (χ4n) is 1.46. The Labute approximate surface area is 106 Å². The summed E-state index contributed by atoms with van der Waals surface area (Å²) in [6.07, 6.45) is 0. The highest BCUT2D eigenvalue weighted by molar-refractivity contribution is 6.01. The zero-order valence-corrected chi connectivity index (χ0v) is 10.7. The van der Waals surface area contributed by atoms with Crippen LogP contribution in [0.5, 0.6) is 0 Å². The van der Waals surface area contributed by atoms with Gasteiger partial charge in [-0.15, -0.1) is 0 Å². The van der Waals surface area contributed by atoms with Crippen LogP contribution in [0.1, 0.15) is 32.4 Å². The number of carboxylic acids is 1. The van der Waals surface area contributed by atoms with Crippen molar-refractivity contribution < 1.29 is 14.7 Å². The predicted molar refractivity (Wildman–Crippen MR) is 69.0 cm³/mol. The van der Waals surface area contributed by atoms with Gasteiger partial charge >= 0.3 is 5.97 Å². The molecule has 0 saturated heterocycles. The van der Waals surface area contributed by atoms with Gasteiger partial charge in [0.25, 0.3) is 0 Å². The molecule has 2 N–H and O–H groups in total. The van der Waals surface area contributed by atoms with E-state index in [4.69, 9.17) is 5.11 Å². The lowest BCUT2D eigenvalue weighted by Crippen LogP contribution is -2.28. The second-order valence-electron chi connectivity index (χ2n) is 4.16. The van der Waals surface area contributed by atoms with Gasteiger partial charge in [0.1, 0.15) is 0 Å². The minimum Gasteiger partial charge on any atom is -0.478 e. The van der Waals surface area contributed by atoms with Crippen molar-refractivity contribution in [2.45, 2.75) is 26.8 Å². The van der Waals surface area contributed by atoms with Crippen molar-refractivity contribution in [2.75, 3.05) is 0 Å². The van der Waals surface area contributed by atoms with Gasteiger partial charge in [0.05, 0.1) is 6.04 Å². The first-order chi connectivity index (χ1) is 8.43. The average molecular weight is 247 g/mol. The highest BCUT2D eigenvalue weighted by Gasteiger charge is 2.15. The number of rotatable bonds is 4. The van der Waals surface area contributed by atoms with Gasteiger partial charge in [-0.05, 0) is 26.3 Å². The lowest BCUT2D eigenvalue weighted by molar-refractivity contribution is -0.133. The summed E-state index contributed by atoms with van der Waals surface area (Å²) in [7, 11) is 0. The van der Waals surface area contributed by atoms with Crippen LogP contribution < -0.4 is 5.32 Å². The fraction of sp³-hybridized carbons (Fsp3) is 0.286. The summed E-state index contributed by atoms with van der Waals surface area (Å²) in [4.78, 5) is 22.6. The maximum atomic E-state index is 11.8. The van der Waals surface area contributed by atoms with E-state index in [-0.39, 0.29) is 23.1 Å². The molecular formula is C14H17NO3. The third kappa shape index (κ3) is 3.45. The van der Waals surface area contributed by atoms with Gasteiger partial charge in [0, 0.05) is 11.1 Å². The quantitative estimate of drug-likeness (QED) is 0.802. The molecule has 1 atom stereocenters. The maximum Gasteiger partial charge on any atom is 0.331 e. The van der Waals surface area contributed by atoms with Crippen molar-refractivity contribution >= 4 is 11.9 Å². The molecule has 0 heterocycles. The number of amides is 1. The van der Waals surface area contributed by atoms with Crippen LogP contribution in [-0.2, 0) is 9.59 Å². The Balaban J connectivity index is 2.78. The van der Waals surface area contributed by atoms with Crippen LogP contribution in [-0.4, -0.2) is 17.0 Å². The number of benzene rings is 1. The van der Waals surface area contributed by atoms with Crippen LogP contribution in [0.3, 0.4) is 0 Å². The highest BCUT2D eigenvalue weighted by atomic mass is 16.4. The molecule has 0 saturated carbocycles. The lowest BCUT2D eigenvalue weighted by atomic mass is 10.1. The summed E-state index contributed by atoms with van der Waals surface area (Å²) in [5, 5.41) is 11.6. The van der Waals surface area contributed by atoms with Crippen LogP contribution in [0, 0.1) is 0 Å². The number of carboxylic acid groups (broad SMARTS) is 1. The molecule has 0 aliphatic carbocycles. The number of hydrogen-bond acceptors (Lipinski definition) is 2. The molecule has 1 unspecified atom stereocenters. The fourth-order valence-corrected chi connectivity index (χ4v) is 1.46. The maximum absolute atomic E-state index is 11.8. The number of carbonyl (C=O) groups is 2. The molecule has 1 amide bonds. The molecule has 0 bridgehead atoms. The third-order valence-corrected chi connectivity index (χ3v) is 2.87. The van der Waals surface area contributed by atoms with Crippen molar-refractivity contribution in [3.63, 3.8) is 0 Å². The molecule has 0 radical (unpaired) electrons. The van der Waals surface area contributed by atoms with Crippen LogP contribution >= 0.6 is 0 Å². The average Bonchev–Trinajstić information content (AvgIpc) is 2.37. The molecule has 0 aromatic heterocycles. The van der Waals surface area contributed by atoms with Crippen molar-refractivity contribution in [3.05, 3.63) is 47.0 Å². The molecule has 18 heavy (non-hydrogen) atoms. The van der Waals surface area contributed by atoms with Gasteiger partial charge in [-0.2, -0.15) is 0 Å². The minimum atomic E-state index is -1.07. The third-order valence-electron chi connectivity index (χ3n) is 2.87. The van der Waals surface area contributed by atoms with E-state index in [1.54, 1.807) is 0 Å². The predicted octanol–water partition coefficient (Wildman–Crippen LogP) is 2.28. The van der Waals surface area contributed by atoms with Gasteiger partial charge in [-0.1, -0.05) is 30.3 Å². The molecule has 0 spiro atoms. The molecule has 1 aromatic rings. The van der Waals surface area contributed by atoms with Crippen LogP contribution in [0.2, 0.25) is 0 Å². The smallest absolute Gasteiger partial charge is 0.331 e. The summed E-state index contributed by atoms with van der Waals surface area (Å²) in [6, 6.07) is 9.35. The van der Waals surface area contributed by atoms with Crippen LogP contribution in [0.15, 0.2) is 41.5 Å². The van der Waals surface area contributed by atoms with Crippen molar-refractivity contribution in [1.29, 1.82) is 0 Å². The molecule has 96 valence electrons. The summed E-state index contributed by atoms with van der Waals surface area (Å²) in [5.41, 5.74) is 1.27. The van der Waals surface area contributed by atoms with E-state index >= 15 is 0 Å². The first-order valence-corrected chi connectivity index (χ1v) is 5.70. The summed E-state index contributed by atoms with van der Waals surface area (Å²) in [6.45, 7) is 4.79. The van der Waals surface area contributed by atoms with Gasteiger partial charge in [0.2, 0.25) is 5.91 Å². The second-order valence-corrected chi connectivity index (χ2v) is 4.16. The SMILES string of the molecule is C/C(C(=O)O)=C(\C)C(=O)NC(C)c1ccccc1. The monoisotopic (exact) mass is 247 g/mol. The van der Waals surface area contributed by atoms with Gasteiger partial charge in [-0.25, -0.2) is 4.79 Å². The Hall–Kier alpha value is -2.10. The standard InChI is InChI=1S/C14H17NO3/c1-9(10(2)14(17)18)13(16)15-11(3)12-7-5-4-6-8-12/h4-8,11H,1-3H3,(H,15,16)(H,17,18)/b10-9-. The van der Waals surface area contributed by atoms with E-state index in [1.165, 1.54) is 13.8 Å². The van der Waals surface area contributed by atoms with Crippen molar-refractivity contribution in [2.24, 2.45) is 0 Å². The van der Waals surface area contributed by atoms with Crippen molar-refractivity contribution in [3.8, 4) is 0 Å². The first-order valence-electron chi connectivity index (χ1n) is 5.70. The summed E-state index contributed by atoms with van der Waals surface area (Å²) in [5.74, 6) is -1.43. The molecule has 4 nitrogen and oxygen atoms in total. The van der Waals surface area contributed by atoms with Crippen LogP contribution in [0.25, 0.3) is 0 Å². The van der Waals surface area contributed by atoms with Gasteiger partial charge in [0.15, 0.2) is 0 Å². The number of hydrogen-bond donors (Lipinski definition) is 2. The Morgan fingerprint density at radius 1 is 1.11 bits per heavy atom. The van der Waals surface area contributed by atoms with E-state index in [9.17, 15) is 9.59 Å². The Kier molecular flexibility index (Phi) is 4.66. The largest absolute Gasteiger partial charge is 0.478 e. The second kappa shape index (κ2) is 6.00. The molecule has 1 aromatic carbocycles. The minimum absolute atomic E-state index is 0.0627. The topological polar surface area (TPSA) is 66.4 Å². The first kappa shape index (κ1) is 14.0. The van der Waals surface area contributed by atoms with Gasteiger partial charge < -0.3 is 10.4 Å². The summed E-state index contributed by atoms with van der Waals surface area (Å²) < 4.78 is 0. The molecular weight excluding hydrogens is 230 g/mol. The number of aliphatic carboxylic acids is 1. The zero-order chi connectivity index (χ0) is 13.7. The molecule has 0 fully saturated rings. The lowest BCUT2D eigenvalue weighted by Gasteiger charge is -2.15. The molecule has 0 aliphatic rings. The Bertz CT molecular complexity index is 477. The summed E-state index contributed by atoms with van der Waals surface area (Å²) >= 11 is 0. The zero-order valence-electron chi connectivity index (χ0n) is 10.7. The van der Waals surface area contributed by atoms with Crippen molar-refractivity contribution in [1.82, 2.24) is 5.32 Å². The molecule has 4 heteroatoms. The van der Waals surface area contributed by atoms with E-state index < -0.39 is 5.97 Å². The molecule has 0 aliphatic heterocycles. The van der Waals surface area contributed by atoms with E-state index in [0.717, 1.165) is 5.56 Å². The van der Waals surface area contributed by atoms with Gasteiger partial charge in [-0.3, -0.25) is 4.79 Å². The van der Waals surface area contributed by atoms with E-state index in [1.807, 2.05) is 37.3 Å². The van der Waals surface area contributed by atoms with Crippen LogP contribution in [0.4, 0.5) is 0 Å². The number of nitrogens with one attached hydrogen (secondary N) is 1. The Morgan fingerprint density at radius 2 is 1.67 bits per heavy atom. The molecule has 1 rings (SSSR count). The van der Waals surface area contributed by atoms with E-state index in [0.29, 0.717) is 0 Å². The Morgan fingerprint density at radius 3 is 2.17 bits per heavy atom. The number of carbonyl (C=O) groups excluding carboxylic acids is 1. The normalized spacial score (nSPS) is 13.5. The van der Waals surface area contributed by atoms with E-state index in [2.05, 4.69) is 5.32 Å².